The fourth-order valence-corrected chi connectivity index (χ4v) is 3.98. The van der Waals surface area contributed by atoms with Crippen LogP contribution in [0.5, 0.6) is 0 Å². The van der Waals surface area contributed by atoms with Gasteiger partial charge in [0.05, 0.1) is 5.75 Å². The van der Waals surface area contributed by atoms with E-state index in [0.717, 1.165) is 5.82 Å². The zero-order valence-electron chi connectivity index (χ0n) is 13.3. The quantitative estimate of drug-likeness (QED) is 0.712. The molecule has 0 aromatic carbocycles. The molecular formula is C13H19N7O3S. The van der Waals surface area contributed by atoms with Gasteiger partial charge in [0, 0.05) is 39.6 Å². The molecule has 11 heteroatoms. The summed E-state index contributed by atoms with van der Waals surface area (Å²) >= 11 is 0. The Labute approximate surface area is 139 Å². The average Bonchev–Trinajstić information content (AvgIpc) is 3.07. The number of carbonyl (C=O) groups excluding carboxylic acids is 1. The topological polar surface area (TPSA) is 113 Å². The first-order valence-electron chi connectivity index (χ1n) is 7.60. The molecule has 1 saturated heterocycles. The van der Waals surface area contributed by atoms with E-state index < -0.39 is 10.0 Å². The van der Waals surface area contributed by atoms with Crippen LogP contribution < -0.4 is 10.2 Å². The van der Waals surface area contributed by atoms with Crippen molar-refractivity contribution in [1.29, 1.82) is 0 Å². The minimum atomic E-state index is -3.42. The molecule has 0 saturated carbocycles. The molecule has 2 aromatic heterocycles. The zero-order chi connectivity index (χ0) is 17.2. The lowest BCUT2D eigenvalue weighted by molar-refractivity contribution is -0.120. The number of piperazine rings is 1. The molecule has 2 aromatic rings. The first-order valence-corrected chi connectivity index (χ1v) is 9.21. The number of hydrogen-bond acceptors (Lipinski definition) is 7. The van der Waals surface area contributed by atoms with Gasteiger partial charge >= 0.3 is 0 Å². The van der Waals surface area contributed by atoms with Crippen LogP contribution in [0.25, 0.3) is 5.65 Å². The van der Waals surface area contributed by atoms with E-state index in [1.165, 1.54) is 17.7 Å². The molecule has 0 spiro atoms. The van der Waals surface area contributed by atoms with Crippen LogP contribution in [0.2, 0.25) is 0 Å². The van der Waals surface area contributed by atoms with Crippen LogP contribution in [0.15, 0.2) is 18.5 Å². The molecule has 0 unspecified atom stereocenters. The summed E-state index contributed by atoms with van der Waals surface area (Å²) in [6.07, 6.45) is 1.50. The number of carbonyl (C=O) groups is 1. The minimum absolute atomic E-state index is 0.0229. The van der Waals surface area contributed by atoms with Crippen molar-refractivity contribution >= 4 is 27.4 Å². The lowest BCUT2D eigenvalue weighted by atomic mass is 10.3. The van der Waals surface area contributed by atoms with Gasteiger partial charge < -0.3 is 10.2 Å². The predicted molar refractivity (Wildman–Crippen MR) is 87.0 cm³/mol. The van der Waals surface area contributed by atoms with E-state index in [2.05, 4.69) is 20.6 Å². The molecule has 1 amide bonds. The van der Waals surface area contributed by atoms with Gasteiger partial charge in [-0.3, -0.25) is 4.79 Å². The molecule has 3 rings (SSSR count). The number of nitrogens with zero attached hydrogens (tertiary/aromatic N) is 6. The molecule has 0 aliphatic carbocycles. The summed E-state index contributed by atoms with van der Waals surface area (Å²) in [4.78, 5) is 13.3. The van der Waals surface area contributed by atoms with Crippen molar-refractivity contribution in [2.24, 2.45) is 0 Å². The normalized spacial score (nSPS) is 16.5. The fraction of sp³-hybridized carbons (Fsp3) is 0.538. The third-order valence-corrected chi connectivity index (χ3v) is 5.84. The molecule has 0 bridgehead atoms. The van der Waals surface area contributed by atoms with E-state index in [1.807, 2.05) is 17.0 Å². The molecule has 24 heavy (non-hydrogen) atoms. The second kappa shape index (κ2) is 6.69. The van der Waals surface area contributed by atoms with Gasteiger partial charge in [0.25, 0.3) is 0 Å². The Bertz CT molecular complexity index is 827. The number of anilines is 1. The summed E-state index contributed by atoms with van der Waals surface area (Å²) in [6, 6.07) is 3.67. The van der Waals surface area contributed by atoms with Crippen LogP contribution in [0.3, 0.4) is 0 Å². The third kappa shape index (κ3) is 3.46. The monoisotopic (exact) mass is 353 g/mol. The van der Waals surface area contributed by atoms with Crippen molar-refractivity contribution < 1.29 is 13.2 Å². The van der Waals surface area contributed by atoms with E-state index in [-0.39, 0.29) is 18.1 Å². The molecule has 1 aliphatic rings. The van der Waals surface area contributed by atoms with Crippen molar-refractivity contribution in [2.75, 3.05) is 43.9 Å². The minimum Gasteiger partial charge on any atom is -0.359 e. The lowest BCUT2D eigenvalue weighted by Crippen LogP contribution is -2.49. The van der Waals surface area contributed by atoms with Gasteiger partial charge in [-0.05, 0) is 12.1 Å². The summed E-state index contributed by atoms with van der Waals surface area (Å²) in [5.41, 5.74) is 0.661. The maximum Gasteiger partial charge on any atom is 0.220 e. The van der Waals surface area contributed by atoms with E-state index in [4.69, 9.17) is 0 Å². The number of nitrogens with one attached hydrogen (secondary N) is 1. The maximum absolute atomic E-state index is 12.3. The number of aromatic nitrogens is 4. The van der Waals surface area contributed by atoms with Gasteiger partial charge in [-0.25, -0.2) is 8.42 Å². The van der Waals surface area contributed by atoms with Gasteiger partial charge in [-0.1, -0.05) is 0 Å². The van der Waals surface area contributed by atoms with Gasteiger partial charge in [-0.2, -0.15) is 8.82 Å². The summed E-state index contributed by atoms with van der Waals surface area (Å²) in [6.45, 7) is 1.83. The molecule has 1 fully saturated rings. The Balaban J connectivity index is 1.61. The lowest BCUT2D eigenvalue weighted by Gasteiger charge is -2.34. The van der Waals surface area contributed by atoms with Crippen molar-refractivity contribution in [2.45, 2.75) is 6.42 Å². The number of hydrogen-bond donors (Lipinski definition) is 1. The summed E-state index contributed by atoms with van der Waals surface area (Å²) in [7, 11) is -1.93. The first-order chi connectivity index (χ1) is 11.5. The Morgan fingerprint density at radius 3 is 2.71 bits per heavy atom. The van der Waals surface area contributed by atoms with Crippen LogP contribution in [0.4, 0.5) is 5.82 Å². The fourth-order valence-electron chi connectivity index (χ4n) is 2.56. The van der Waals surface area contributed by atoms with Crippen LogP contribution in [-0.2, 0) is 14.8 Å². The highest BCUT2D eigenvalue weighted by atomic mass is 32.2. The number of fused-ring (bicyclic) bond motifs is 1. The van der Waals surface area contributed by atoms with Crippen molar-refractivity contribution in [3.8, 4) is 0 Å². The van der Waals surface area contributed by atoms with Gasteiger partial charge in [0.1, 0.15) is 12.1 Å². The van der Waals surface area contributed by atoms with Crippen LogP contribution >= 0.6 is 0 Å². The number of sulfonamides is 1. The molecule has 3 heterocycles. The largest absolute Gasteiger partial charge is 0.359 e. The average molecular weight is 353 g/mol. The highest BCUT2D eigenvalue weighted by molar-refractivity contribution is 7.89. The predicted octanol–water partition coefficient (Wildman–Crippen LogP) is -1.29. The molecule has 130 valence electrons. The maximum atomic E-state index is 12.3. The molecule has 0 radical (unpaired) electrons. The van der Waals surface area contributed by atoms with Gasteiger partial charge in [-0.15, -0.1) is 15.3 Å². The van der Waals surface area contributed by atoms with Crippen molar-refractivity contribution in [3.63, 3.8) is 0 Å². The second-order valence-corrected chi connectivity index (χ2v) is 7.54. The van der Waals surface area contributed by atoms with Crippen LogP contribution in [0.1, 0.15) is 6.42 Å². The van der Waals surface area contributed by atoms with E-state index in [1.54, 1.807) is 4.52 Å². The zero-order valence-corrected chi connectivity index (χ0v) is 14.1. The standard InChI is InChI=1S/C13H19N7O3S/c1-14-13(21)4-9-24(22,23)19-7-5-18(6-8-19)12-3-2-11-16-15-10-20(11)17-12/h2-3,10H,4-9H2,1H3,(H,14,21). The van der Waals surface area contributed by atoms with E-state index >= 15 is 0 Å². The summed E-state index contributed by atoms with van der Waals surface area (Å²) in [5, 5.41) is 14.5. The highest BCUT2D eigenvalue weighted by Gasteiger charge is 2.27. The smallest absolute Gasteiger partial charge is 0.220 e. The van der Waals surface area contributed by atoms with Crippen molar-refractivity contribution in [3.05, 3.63) is 18.5 Å². The SMILES string of the molecule is CNC(=O)CCS(=O)(=O)N1CCN(c2ccc3nncn3n2)CC1. The molecule has 10 nitrogen and oxygen atoms in total. The van der Waals surface area contributed by atoms with Crippen LogP contribution in [-0.4, -0.2) is 77.4 Å². The van der Waals surface area contributed by atoms with E-state index in [9.17, 15) is 13.2 Å². The van der Waals surface area contributed by atoms with Gasteiger partial charge in [0.15, 0.2) is 5.65 Å². The molecule has 0 atom stereocenters. The summed E-state index contributed by atoms with van der Waals surface area (Å²) in [5.74, 6) is 0.311. The highest BCUT2D eigenvalue weighted by Crippen LogP contribution is 2.16. The molecular weight excluding hydrogens is 334 g/mol. The number of amides is 1. The second-order valence-electron chi connectivity index (χ2n) is 5.45. The first kappa shape index (κ1) is 16.6. The Morgan fingerprint density at radius 2 is 2.00 bits per heavy atom. The molecule has 1 aliphatic heterocycles. The third-order valence-electron chi connectivity index (χ3n) is 3.97. The van der Waals surface area contributed by atoms with Crippen molar-refractivity contribution in [1.82, 2.24) is 29.4 Å². The molecule has 1 N–H and O–H groups in total. The van der Waals surface area contributed by atoms with E-state index in [0.29, 0.717) is 31.8 Å². The summed E-state index contributed by atoms with van der Waals surface area (Å²) < 4.78 is 27.6. The Hall–Kier alpha value is -2.27. The Morgan fingerprint density at radius 1 is 1.25 bits per heavy atom. The van der Waals surface area contributed by atoms with Gasteiger partial charge in [0.2, 0.25) is 15.9 Å². The number of rotatable bonds is 5. The van der Waals surface area contributed by atoms with Crippen LogP contribution in [0, 0.1) is 0 Å². The Kier molecular flexibility index (Phi) is 4.62.